The third kappa shape index (κ3) is 5.35. The molecule has 5 rings (SSSR count). The van der Waals surface area contributed by atoms with Gasteiger partial charge in [-0.15, -0.1) is 11.3 Å². The second-order valence-electron chi connectivity index (χ2n) is 9.28. The molecule has 0 radical (unpaired) electrons. The number of hydrogen-bond donors (Lipinski definition) is 1. The summed E-state index contributed by atoms with van der Waals surface area (Å²) in [5, 5.41) is 10.4. The first kappa shape index (κ1) is 26.7. The Hall–Kier alpha value is -3.89. The van der Waals surface area contributed by atoms with Gasteiger partial charge in [-0.05, 0) is 44.0 Å². The van der Waals surface area contributed by atoms with Gasteiger partial charge in [-0.25, -0.2) is 14.6 Å². The number of amides is 1. The number of likely N-dealkylation sites (tertiary alicyclic amines) is 1. The van der Waals surface area contributed by atoms with E-state index in [1.165, 1.54) is 23.3 Å². The summed E-state index contributed by atoms with van der Waals surface area (Å²) in [7, 11) is 1.31. The number of hydrogen-bond acceptors (Lipinski definition) is 7. The molecule has 1 atom stereocenters. The van der Waals surface area contributed by atoms with Gasteiger partial charge in [-0.3, -0.25) is 9.36 Å². The van der Waals surface area contributed by atoms with Crippen molar-refractivity contribution >= 4 is 51.8 Å². The van der Waals surface area contributed by atoms with E-state index in [2.05, 4.69) is 4.98 Å². The second kappa shape index (κ2) is 11.1. The number of ether oxygens (including phenoxy) is 2. The maximum atomic E-state index is 13.3. The Labute approximate surface area is 233 Å². The van der Waals surface area contributed by atoms with Crippen LogP contribution in [0.15, 0.2) is 54.9 Å². The second-order valence-corrected chi connectivity index (χ2v) is 10.7. The summed E-state index contributed by atoms with van der Waals surface area (Å²) < 4.78 is 13.0. The van der Waals surface area contributed by atoms with Crippen LogP contribution in [0.25, 0.3) is 16.0 Å². The maximum absolute atomic E-state index is 13.3. The van der Waals surface area contributed by atoms with E-state index in [1.54, 1.807) is 36.7 Å². The van der Waals surface area contributed by atoms with Crippen molar-refractivity contribution < 1.29 is 29.0 Å². The van der Waals surface area contributed by atoms with Gasteiger partial charge in [0.05, 0.1) is 18.1 Å². The zero-order chi connectivity index (χ0) is 27.7. The molecule has 202 valence electrons. The third-order valence-corrected chi connectivity index (χ3v) is 8.35. The van der Waals surface area contributed by atoms with Gasteiger partial charge in [-0.1, -0.05) is 29.8 Å². The maximum Gasteiger partial charge on any atom is 0.407 e. The lowest BCUT2D eigenvalue weighted by molar-refractivity contribution is 0.0599. The van der Waals surface area contributed by atoms with Gasteiger partial charge in [0, 0.05) is 41.2 Å². The van der Waals surface area contributed by atoms with Gasteiger partial charge < -0.3 is 19.5 Å². The average Bonchev–Trinajstić information content (AvgIpc) is 3.56. The number of carbonyl (C=O) groups excluding carboxylic acids is 2. The molecule has 1 amide bonds. The van der Waals surface area contributed by atoms with Crippen molar-refractivity contribution in [1.82, 2.24) is 14.5 Å². The van der Waals surface area contributed by atoms with Gasteiger partial charge in [0.1, 0.15) is 23.2 Å². The minimum absolute atomic E-state index is 0.0197. The molecular weight excluding hydrogens is 542 g/mol. The molecule has 4 aromatic rings. The van der Waals surface area contributed by atoms with Crippen LogP contribution in [0, 0.1) is 5.92 Å². The fourth-order valence-electron chi connectivity index (χ4n) is 4.77. The molecule has 1 aliphatic heterocycles. The number of carbonyl (C=O) groups is 3. The van der Waals surface area contributed by atoms with E-state index in [0.717, 1.165) is 5.56 Å². The Balaban J connectivity index is 1.45. The molecule has 2 aromatic carbocycles. The fourth-order valence-corrected chi connectivity index (χ4v) is 6.05. The molecule has 9 nitrogen and oxygen atoms in total. The van der Waals surface area contributed by atoms with Crippen molar-refractivity contribution in [2.45, 2.75) is 25.9 Å². The van der Waals surface area contributed by atoms with E-state index in [-0.39, 0.29) is 11.7 Å². The zero-order valence-electron chi connectivity index (χ0n) is 21.3. The minimum atomic E-state index is -0.960. The molecule has 0 unspecified atom stereocenters. The van der Waals surface area contributed by atoms with Gasteiger partial charge in [0.2, 0.25) is 0 Å². The number of halogens is 1. The lowest BCUT2D eigenvalue weighted by Crippen LogP contribution is -2.39. The molecule has 1 aliphatic rings. The van der Waals surface area contributed by atoms with Crippen LogP contribution in [0.1, 0.15) is 51.5 Å². The van der Waals surface area contributed by atoms with E-state index in [0.29, 0.717) is 63.2 Å². The first-order chi connectivity index (χ1) is 18.8. The van der Waals surface area contributed by atoms with E-state index in [9.17, 15) is 19.5 Å². The quantitative estimate of drug-likeness (QED) is 0.208. The summed E-state index contributed by atoms with van der Waals surface area (Å²) in [4.78, 5) is 43.2. The Morgan fingerprint density at radius 2 is 1.87 bits per heavy atom. The summed E-state index contributed by atoms with van der Waals surface area (Å²) in [6, 6.07) is 14.4. The van der Waals surface area contributed by atoms with E-state index >= 15 is 0 Å². The van der Waals surface area contributed by atoms with Crippen LogP contribution >= 0.6 is 22.9 Å². The molecule has 0 bridgehead atoms. The van der Waals surface area contributed by atoms with Gasteiger partial charge in [-0.2, -0.15) is 0 Å². The van der Waals surface area contributed by atoms with E-state index in [4.69, 9.17) is 21.1 Å². The van der Waals surface area contributed by atoms with Crippen molar-refractivity contribution in [2.24, 2.45) is 5.92 Å². The van der Waals surface area contributed by atoms with E-state index in [1.807, 2.05) is 29.7 Å². The Bertz CT molecular complexity index is 1560. The molecule has 1 N–H and O–H groups in total. The molecule has 11 heteroatoms. The molecule has 0 spiro atoms. The van der Waals surface area contributed by atoms with Crippen molar-refractivity contribution in [3.63, 3.8) is 0 Å². The molecule has 0 aliphatic carbocycles. The smallest absolute Gasteiger partial charge is 0.407 e. The minimum Gasteiger partial charge on any atom is -0.484 e. The first-order valence-electron chi connectivity index (χ1n) is 12.4. The lowest BCUT2D eigenvalue weighted by atomic mass is 9.89. The molecule has 0 saturated carbocycles. The highest BCUT2D eigenvalue weighted by atomic mass is 35.5. The van der Waals surface area contributed by atoms with Crippen LogP contribution in [0.5, 0.6) is 5.75 Å². The number of thiophene rings is 1. The molecule has 2 aromatic heterocycles. The van der Waals surface area contributed by atoms with Crippen LogP contribution < -0.4 is 4.74 Å². The largest absolute Gasteiger partial charge is 0.484 e. The number of rotatable bonds is 7. The number of aromatic nitrogens is 2. The highest BCUT2D eigenvalue weighted by Gasteiger charge is 2.28. The van der Waals surface area contributed by atoms with Crippen molar-refractivity contribution in [3.8, 4) is 10.8 Å². The zero-order valence-corrected chi connectivity index (χ0v) is 22.9. The lowest BCUT2D eigenvalue weighted by Gasteiger charge is -2.29. The predicted molar refractivity (Wildman–Crippen MR) is 147 cm³/mol. The van der Waals surface area contributed by atoms with Crippen molar-refractivity contribution in [1.29, 1.82) is 0 Å². The van der Waals surface area contributed by atoms with Crippen molar-refractivity contribution in [3.05, 3.63) is 75.9 Å². The topological polar surface area (TPSA) is 111 Å². The highest BCUT2D eigenvalue weighted by molar-refractivity contribution is 7.16. The van der Waals surface area contributed by atoms with Gasteiger partial charge in [0.15, 0.2) is 10.7 Å². The van der Waals surface area contributed by atoms with Crippen LogP contribution in [-0.4, -0.2) is 57.6 Å². The van der Waals surface area contributed by atoms with Gasteiger partial charge >= 0.3 is 12.1 Å². The van der Waals surface area contributed by atoms with Gasteiger partial charge in [0.25, 0.3) is 0 Å². The van der Waals surface area contributed by atoms with Crippen molar-refractivity contribution in [2.75, 3.05) is 20.2 Å². The average molecular weight is 568 g/mol. The van der Waals surface area contributed by atoms with Crippen LogP contribution in [0.4, 0.5) is 4.79 Å². The number of nitrogens with zero attached hydrogens (tertiary/aromatic N) is 3. The molecule has 1 fully saturated rings. The number of methoxy groups -OCH3 is 1. The monoisotopic (exact) mass is 567 g/mol. The molecule has 39 heavy (non-hydrogen) atoms. The number of ketones is 1. The third-order valence-electron chi connectivity index (χ3n) is 6.91. The normalized spacial score (nSPS) is 14.8. The van der Waals surface area contributed by atoms with E-state index < -0.39 is 18.2 Å². The Morgan fingerprint density at radius 3 is 2.56 bits per heavy atom. The predicted octanol–water partition coefficient (Wildman–Crippen LogP) is 6.24. The van der Waals surface area contributed by atoms with Crippen LogP contribution in [0.3, 0.4) is 0 Å². The van der Waals surface area contributed by atoms with Crippen LogP contribution in [-0.2, 0) is 4.74 Å². The molecule has 3 heterocycles. The number of carboxylic acid groups (broad SMARTS) is 1. The summed E-state index contributed by atoms with van der Waals surface area (Å²) >= 11 is 7.54. The molecular formula is C28H26ClN3O6S. The molecule has 1 saturated heterocycles. The number of fused-ring (bicyclic) bond motifs is 1. The summed E-state index contributed by atoms with van der Waals surface area (Å²) in [5.41, 5.74) is 2.71. The SMILES string of the molecule is COC(=O)c1sc(-n2cnc3ccc(C(=O)C4CCN(C(=O)O)CC4)cc32)cc1O[C@H](C)c1ccccc1Cl. The summed E-state index contributed by atoms with van der Waals surface area (Å²) in [6.07, 6.45) is 1.22. The number of esters is 1. The Kier molecular flexibility index (Phi) is 7.58. The fraction of sp³-hybridized carbons (Fsp3) is 0.286. The summed E-state index contributed by atoms with van der Waals surface area (Å²) in [5.74, 6) is -0.434. The Morgan fingerprint density at radius 1 is 1.13 bits per heavy atom. The first-order valence-corrected chi connectivity index (χ1v) is 13.6. The number of piperidine rings is 1. The number of imidazole rings is 1. The number of benzene rings is 2. The van der Waals surface area contributed by atoms with Crippen LogP contribution in [0.2, 0.25) is 5.02 Å². The summed E-state index contributed by atoms with van der Waals surface area (Å²) in [6.45, 7) is 2.53. The number of Topliss-reactive ketones (excluding diaryl/α,β-unsaturated/α-hetero) is 1. The highest BCUT2D eigenvalue weighted by Crippen LogP contribution is 2.38. The standard InChI is InChI=1S/C28H26ClN3O6S/c1-16(19-5-3-4-6-20(19)29)38-23-14-24(39-26(23)27(34)37-2)32-15-30-21-8-7-18(13-22(21)32)25(33)17-9-11-31(12-10-17)28(35)36/h3-8,13-17H,9-12H2,1-2H3,(H,35,36)/t16-/m1/s1.